The minimum Gasteiger partial charge on any atom is -0.508 e. The van der Waals surface area contributed by atoms with Crippen molar-refractivity contribution in [3.8, 4) is 28.6 Å². The molecule has 0 aliphatic carbocycles. The van der Waals surface area contributed by atoms with Crippen molar-refractivity contribution in [3.05, 3.63) is 53.1 Å². The number of furan rings is 1. The average Bonchev–Trinajstić information content (AvgIpc) is 3.08. The van der Waals surface area contributed by atoms with Crippen molar-refractivity contribution >= 4 is 11.0 Å². The van der Waals surface area contributed by atoms with Gasteiger partial charge in [-0.25, -0.2) is 0 Å². The predicted molar refractivity (Wildman–Crippen MR) is 117 cm³/mol. The molecule has 5 nitrogen and oxygen atoms in total. The second-order valence-corrected chi connectivity index (χ2v) is 8.65. The van der Waals surface area contributed by atoms with E-state index in [1.807, 2.05) is 32.0 Å². The van der Waals surface area contributed by atoms with Gasteiger partial charge in [-0.3, -0.25) is 0 Å². The quantitative estimate of drug-likeness (QED) is 0.566. The SMILES string of the molecule is COc1cc2c(c(-c3cc4ccc(O)cc4o3)c1CC=C(C)C)CC(O)C(C)(C)O2. The van der Waals surface area contributed by atoms with Crippen LogP contribution in [0, 0.1) is 0 Å². The number of hydrogen-bond donors (Lipinski definition) is 2. The molecule has 0 fully saturated rings. The topological polar surface area (TPSA) is 72.1 Å². The van der Waals surface area contributed by atoms with E-state index >= 15 is 0 Å². The molecule has 2 aromatic carbocycles. The summed E-state index contributed by atoms with van der Waals surface area (Å²) in [4.78, 5) is 0. The summed E-state index contributed by atoms with van der Waals surface area (Å²) in [5, 5.41) is 21.5. The molecule has 2 heterocycles. The molecule has 1 aliphatic heterocycles. The maximum Gasteiger partial charge on any atom is 0.138 e. The van der Waals surface area contributed by atoms with Crippen molar-refractivity contribution < 1.29 is 24.1 Å². The minimum absolute atomic E-state index is 0.154. The van der Waals surface area contributed by atoms with Crippen LogP contribution in [-0.2, 0) is 12.8 Å². The highest BCUT2D eigenvalue weighted by Crippen LogP contribution is 2.46. The molecule has 1 atom stereocenters. The highest BCUT2D eigenvalue weighted by molar-refractivity contribution is 5.86. The van der Waals surface area contributed by atoms with E-state index in [4.69, 9.17) is 13.9 Å². The lowest BCUT2D eigenvalue weighted by Crippen LogP contribution is -2.46. The number of hydrogen-bond acceptors (Lipinski definition) is 5. The Labute approximate surface area is 176 Å². The van der Waals surface area contributed by atoms with E-state index in [1.54, 1.807) is 19.2 Å². The Hall–Kier alpha value is -2.92. The Morgan fingerprint density at radius 2 is 2.00 bits per heavy atom. The number of aromatic hydroxyl groups is 1. The van der Waals surface area contributed by atoms with Gasteiger partial charge >= 0.3 is 0 Å². The molecule has 1 aliphatic rings. The van der Waals surface area contributed by atoms with Crippen LogP contribution in [0.3, 0.4) is 0 Å². The van der Waals surface area contributed by atoms with Gasteiger partial charge in [-0.1, -0.05) is 11.6 Å². The monoisotopic (exact) mass is 408 g/mol. The lowest BCUT2D eigenvalue weighted by molar-refractivity contribution is -0.0411. The Morgan fingerprint density at radius 1 is 1.23 bits per heavy atom. The van der Waals surface area contributed by atoms with Gasteiger partial charge in [0.25, 0.3) is 0 Å². The lowest BCUT2D eigenvalue weighted by Gasteiger charge is -2.38. The van der Waals surface area contributed by atoms with Crippen LogP contribution < -0.4 is 9.47 Å². The molecule has 0 spiro atoms. The Balaban J connectivity index is 2.00. The van der Waals surface area contributed by atoms with E-state index in [1.165, 1.54) is 5.57 Å². The summed E-state index contributed by atoms with van der Waals surface area (Å²) in [5.74, 6) is 2.23. The Morgan fingerprint density at radius 3 is 2.70 bits per heavy atom. The number of aliphatic hydroxyl groups excluding tert-OH is 1. The van der Waals surface area contributed by atoms with Crippen LogP contribution in [0.15, 0.2) is 46.4 Å². The third kappa shape index (κ3) is 3.54. The molecule has 0 saturated carbocycles. The van der Waals surface area contributed by atoms with E-state index in [0.717, 1.165) is 27.8 Å². The molecular weight excluding hydrogens is 380 g/mol. The summed E-state index contributed by atoms with van der Waals surface area (Å²) < 4.78 is 18.1. The molecule has 0 saturated heterocycles. The van der Waals surface area contributed by atoms with Gasteiger partial charge in [0.15, 0.2) is 0 Å². The number of aliphatic hydroxyl groups is 1. The van der Waals surface area contributed by atoms with Crippen LogP contribution in [0.5, 0.6) is 17.2 Å². The van der Waals surface area contributed by atoms with Gasteiger partial charge in [0, 0.05) is 40.6 Å². The molecule has 2 N–H and O–H groups in total. The van der Waals surface area contributed by atoms with Crippen LogP contribution in [0.4, 0.5) is 0 Å². The molecule has 0 radical (unpaired) electrons. The van der Waals surface area contributed by atoms with Crippen LogP contribution in [-0.4, -0.2) is 29.0 Å². The molecule has 0 bridgehead atoms. The largest absolute Gasteiger partial charge is 0.508 e. The molecule has 30 heavy (non-hydrogen) atoms. The highest BCUT2D eigenvalue weighted by atomic mass is 16.5. The number of phenols is 1. The molecule has 0 amide bonds. The summed E-state index contributed by atoms with van der Waals surface area (Å²) in [6.45, 7) is 7.88. The zero-order valence-electron chi connectivity index (χ0n) is 18.1. The standard InChI is InChI=1S/C25H28O5/c1-14(2)6-9-17-20(28-5)13-21-18(12-23(27)25(3,4)30-21)24(17)22-10-15-7-8-16(26)11-19(15)29-22/h6-8,10-11,13,23,26-27H,9,12H2,1-5H3. The predicted octanol–water partition coefficient (Wildman–Crippen LogP) is 5.40. The first-order chi connectivity index (χ1) is 14.2. The average molecular weight is 408 g/mol. The van der Waals surface area contributed by atoms with E-state index in [-0.39, 0.29) is 5.75 Å². The molecule has 5 heteroatoms. The van der Waals surface area contributed by atoms with Gasteiger partial charge in [-0.15, -0.1) is 0 Å². The first-order valence-electron chi connectivity index (χ1n) is 10.2. The number of methoxy groups -OCH3 is 1. The summed E-state index contributed by atoms with van der Waals surface area (Å²) in [7, 11) is 1.65. The first kappa shape index (κ1) is 20.4. The molecule has 3 aromatic rings. The maximum absolute atomic E-state index is 10.7. The van der Waals surface area contributed by atoms with E-state index in [2.05, 4.69) is 19.9 Å². The van der Waals surface area contributed by atoms with Crippen molar-refractivity contribution in [1.29, 1.82) is 0 Å². The maximum atomic E-state index is 10.7. The summed E-state index contributed by atoms with van der Waals surface area (Å²) in [6, 6.07) is 8.95. The fourth-order valence-corrected chi connectivity index (χ4v) is 3.94. The number of fused-ring (bicyclic) bond motifs is 2. The molecule has 158 valence electrons. The summed E-state index contributed by atoms with van der Waals surface area (Å²) in [5.41, 5.74) is 3.88. The van der Waals surface area contributed by atoms with Gasteiger partial charge in [0.2, 0.25) is 0 Å². The van der Waals surface area contributed by atoms with Crippen LogP contribution in [0.1, 0.15) is 38.8 Å². The number of benzene rings is 2. The molecule has 1 aromatic heterocycles. The number of phenolic OH excluding ortho intramolecular Hbond substituents is 1. The van der Waals surface area contributed by atoms with Gasteiger partial charge in [0.1, 0.15) is 34.2 Å². The zero-order valence-corrected chi connectivity index (χ0v) is 18.1. The van der Waals surface area contributed by atoms with Crippen molar-refractivity contribution in [2.75, 3.05) is 7.11 Å². The fraction of sp³-hybridized carbons (Fsp3) is 0.360. The van der Waals surface area contributed by atoms with Crippen molar-refractivity contribution in [3.63, 3.8) is 0 Å². The first-order valence-corrected chi connectivity index (χ1v) is 10.2. The van der Waals surface area contributed by atoms with E-state index in [9.17, 15) is 10.2 Å². The lowest BCUT2D eigenvalue weighted by atomic mass is 9.85. The van der Waals surface area contributed by atoms with Gasteiger partial charge in [-0.05, 0) is 52.3 Å². The third-order valence-corrected chi connectivity index (χ3v) is 5.72. The van der Waals surface area contributed by atoms with Crippen molar-refractivity contribution in [1.82, 2.24) is 0 Å². The second-order valence-electron chi connectivity index (χ2n) is 8.65. The van der Waals surface area contributed by atoms with Crippen molar-refractivity contribution in [2.45, 2.75) is 52.2 Å². The highest BCUT2D eigenvalue weighted by Gasteiger charge is 2.38. The summed E-state index contributed by atoms with van der Waals surface area (Å²) >= 11 is 0. The number of rotatable bonds is 4. The normalized spacial score (nSPS) is 17.3. The minimum atomic E-state index is -0.698. The smallest absolute Gasteiger partial charge is 0.138 e. The van der Waals surface area contributed by atoms with Crippen LogP contribution in [0.2, 0.25) is 0 Å². The molecule has 4 rings (SSSR count). The van der Waals surface area contributed by atoms with Crippen LogP contribution >= 0.6 is 0 Å². The van der Waals surface area contributed by atoms with E-state index < -0.39 is 11.7 Å². The number of ether oxygens (including phenoxy) is 2. The third-order valence-electron chi connectivity index (χ3n) is 5.72. The van der Waals surface area contributed by atoms with E-state index in [0.29, 0.717) is 29.9 Å². The van der Waals surface area contributed by atoms with Gasteiger partial charge in [-0.2, -0.15) is 0 Å². The van der Waals surface area contributed by atoms with Crippen LogP contribution in [0.25, 0.3) is 22.3 Å². The zero-order chi connectivity index (χ0) is 21.6. The fourth-order valence-electron chi connectivity index (χ4n) is 3.94. The molecule has 1 unspecified atom stereocenters. The summed E-state index contributed by atoms with van der Waals surface area (Å²) in [6.07, 6.45) is 2.61. The van der Waals surface area contributed by atoms with Gasteiger partial charge < -0.3 is 24.1 Å². The Bertz CT molecular complexity index is 1130. The molecular formula is C25H28O5. The number of allylic oxidation sites excluding steroid dienone is 2. The second kappa shape index (κ2) is 7.40. The van der Waals surface area contributed by atoms with Crippen molar-refractivity contribution in [2.24, 2.45) is 0 Å². The van der Waals surface area contributed by atoms with Gasteiger partial charge in [0.05, 0.1) is 13.2 Å². The Kier molecular flexibility index (Phi) is 5.02.